The quantitative estimate of drug-likeness (QED) is 0.410. The molecule has 120 valence electrons. The number of carbonyl (C=O) groups is 2. The molecule has 1 spiro atoms. The van der Waals surface area contributed by atoms with Crippen LogP contribution in [0.5, 0.6) is 0 Å². The second-order valence-corrected chi connectivity index (χ2v) is 14.5. The van der Waals surface area contributed by atoms with Gasteiger partial charge in [-0.3, -0.25) is 0 Å². The van der Waals surface area contributed by atoms with E-state index in [0.29, 0.717) is 24.9 Å². The average Bonchev–Trinajstić information content (AvgIpc) is 3.04. The van der Waals surface area contributed by atoms with E-state index in [1.54, 1.807) is 0 Å². The number of halogens is 1. The Kier molecular flexibility index (Phi) is 3.78. The van der Waals surface area contributed by atoms with Crippen LogP contribution in [0.1, 0.15) is 39.5 Å². The molecule has 0 N–H and O–H groups in total. The number of rotatable bonds is 3. The van der Waals surface area contributed by atoms with E-state index in [1.165, 1.54) is 0 Å². The van der Waals surface area contributed by atoms with Crippen LogP contribution in [0.2, 0.25) is 0 Å². The maximum atomic E-state index is 12.5. The van der Waals surface area contributed by atoms with Crippen molar-refractivity contribution in [3.63, 3.8) is 0 Å². The van der Waals surface area contributed by atoms with Gasteiger partial charge in [-0.1, -0.05) is 0 Å². The van der Waals surface area contributed by atoms with Crippen LogP contribution in [-0.4, -0.2) is 37.9 Å². The number of hydrogen-bond donors (Lipinski definition) is 0. The van der Waals surface area contributed by atoms with Gasteiger partial charge in [0, 0.05) is 0 Å². The zero-order chi connectivity index (χ0) is 15.4. The molecule has 0 amide bonds. The molecular formula is C16H25IO4. The minimum atomic E-state index is -1.29. The molecule has 2 aliphatic carbocycles. The van der Waals surface area contributed by atoms with Crippen LogP contribution in [0.4, 0.5) is 0 Å². The first kappa shape index (κ1) is 15.6. The van der Waals surface area contributed by atoms with Crippen molar-refractivity contribution in [1.82, 2.24) is 0 Å². The number of fused-ring (bicyclic) bond motifs is 3. The Labute approximate surface area is 133 Å². The van der Waals surface area contributed by atoms with E-state index in [4.69, 9.17) is 9.47 Å². The summed E-state index contributed by atoms with van der Waals surface area (Å²) in [6.07, 6.45) is 3.66. The van der Waals surface area contributed by atoms with Gasteiger partial charge < -0.3 is 0 Å². The van der Waals surface area contributed by atoms with Gasteiger partial charge in [0.25, 0.3) is 0 Å². The first-order valence-corrected chi connectivity index (χ1v) is 13.0. The molecule has 21 heavy (non-hydrogen) atoms. The molecule has 3 aliphatic rings. The number of esters is 2. The van der Waals surface area contributed by atoms with Crippen molar-refractivity contribution in [1.29, 1.82) is 0 Å². The molecule has 4 atom stereocenters. The average molecular weight is 408 g/mol. The van der Waals surface area contributed by atoms with E-state index in [2.05, 4.69) is 9.86 Å². The summed E-state index contributed by atoms with van der Waals surface area (Å²) in [6.45, 7) is 4.57. The van der Waals surface area contributed by atoms with Crippen LogP contribution in [0, 0.1) is 17.3 Å². The fourth-order valence-electron chi connectivity index (χ4n) is 4.18. The van der Waals surface area contributed by atoms with Crippen molar-refractivity contribution in [2.45, 2.75) is 49.1 Å². The molecule has 0 radical (unpaired) electrons. The number of hydrogen-bond acceptors (Lipinski definition) is 4. The Morgan fingerprint density at radius 3 is 2.62 bits per heavy atom. The van der Waals surface area contributed by atoms with Gasteiger partial charge in [0.15, 0.2) is 0 Å². The normalized spacial score (nSPS) is 38.8. The molecule has 4 nitrogen and oxygen atoms in total. The molecule has 0 aromatic heterocycles. The summed E-state index contributed by atoms with van der Waals surface area (Å²) >= 11 is -1.29. The van der Waals surface area contributed by atoms with E-state index in [9.17, 15) is 9.59 Å². The molecule has 0 aromatic carbocycles. The Morgan fingerprint density at radius 2 is 2.10 bits per heavy atom. The Morgan fingerprint density at radius 1 is 1.38 bits per heavy atom. The third kappa shape index (κ3) is 2.49. The van der Waals surface area contributed by atoms with Crippen LogP contribution < -0.4 is 0 Å². The van der Waals surface area contributed by atoms with Gasteiger partial charge >= 0.3 is 134 Å². The third-order valence-corrected chi connectivity index (χ3v) is 11.6. The molecule has 1 aliphatic heterocycles. The molecule has 2 bridgehead atoms. The second-order valence-electron chi connectivity index (χ2n) is 7.52. The molecule has 2 saturated carbocycles. The van der Waals surface area contributed by atoms with Gasteiger partial charge in [0.05, 0.1) is 0 Å². The zero-order valence-corrected chi connectivity index (χ0v) is 15.4. The fourth-order valence-corrected chi connectivity index (χ4v) is 5.19. The van der Waals surface area contributed by atoms with Crippen molar-refractivity contribution < 1.29 is 19.1 Å². The summed E-state index contributed by atoms with van der Waals surface area (Å²) in [5.74, 6) is 0.812. The van der Waals surface area contributed by atoms with E-state index < -0.39 is 19.8 Å². The summed E-state index contributed by atoms with van der Waals surface area (Å²) in [7, 11) is 0. The number of carbonyl (C=O) groups excluding carboxylic acids is 2. The Balaban J connectivity index is 1.71. The van der Waals surface area contributed by atoms with Crippen LogP contribution in [-0.2, 0) is 19.1 Å². The minimum absolute atomic E-state index is 0.000784. The molecule has 0 aromatic rings. The summed E-state index contributed by atoms with van der Waals surface area (Å²) < 4.78 is 10.9. The third-order valence-electron chi connectivity index (χ3n) is 5.79. The molecule has 3 rings (SSSR count). The van der Waals surface area contributed by atoms with Gasteiger partial charge in [-0.15, -0.1) is 0 Å². The fraction of sp³-hybridized carbons (Fsp3) is 0.875. The molecule has 3 fully saturated rings. The first-order chi connectivity index (χ1) is 9.74. The molecule has 1 heterocycles. The van der Waals surface area contributed by atoms with Crippen LogP contribution in [0.3, 0.4) is 0 Å². The van der Waals surface area contributed by atoms with Crippen molar-refractivity contribution in [2.24, 2.45) is 17.3 Å². The monoisotopic (exact) mass is 408 g/mol. The first-order valence-electron chi connectivity index (χ1n) is 7.61. The van der Waals surface area contributed by atoms with E-state index >= 15 is 0 Å². The van der Waals surface area contributed by atoms with Gasteiger partial charge in [-0.25, -0.2) is 0 Å². The van der Waals surface area contributed by atoms with Crippen LogP contribution in [0.15, 0.2) is 0 Å². The Bertz CT molecular complexity index is 473. The standard InChI is InChI=1S/C16H25IO4/c1-15(2,17(3)4)14(19)21-12-6-10-5-11(12)16(7-10)8-13(18)20-9-16/h10-12H,5-9H2,1-4H3. The van der Waals surface area contributed by atoms with E-state index in [1.807, 2.05) is 13.8 Å². The summed E-state index contributed by atoms with van der Waals surface area (Å²) in [5.41, 5.74) is -0.0359. The molecular weight excluding hydrogens is 383 g/mol. The SMILES string of the molecule is CI(C)C(C)(C)C(=O)OC1CC2CC1C1(COC(=O)C1)C2. The van der Waals surface area contributed by atoms with Crippen LogP contribution >= 0.6 is 19.8 Å². The van der Waals surface area contributed by atoms with Gasteiger partial charge in [0.2, 0.25) is 0 Å². The second kappa shape index (κ2) is 5.10. The van der Waals surface area contributed by atoms with Crippen molar-refractivity contribution >= 4 is 31.8 Å². The topological polar surface area (TPSA) is 52.6 Å². The van der Waals surface area contributed by atoms with Crippen molar-refractivity contribution in [3.05, 3.63) is 0 Å². The summed E-state index contributed by atoms with van der Waals surface area (Å²) in [5, 5.41) is 0. The molecule has 5 heteroatoms. The van der Waals surface area contributed by atoms with Gasteiger partial charge in [0.1, 0.15) is 0 Å². The predicted molar refractivity (Wildman–Crippen MR) is 88.7 cm³/mol. The molecule has 4 unspecified atom stereocenters. The van der Waals surface area contributed by atoms with E-state index in [-0.39, 0.29) is 26.9 Å². The van der Waals surface area contributed by atoms with Crippen molar-refractivity contribution in [3.8, 4) is 0 Å². The zero-order valence-electron chi connectivity index (χ0n) is 13.3. The van der Waals surface area contributed by atoms with Crippen molar-refractivity contribution in [2.75, 3.05) is 16.5 Å². The van der Waals surface area contributed by atoms with Gasteiger partial charge in [-0.05, 0) is 0 Å². The maximum absolute atomic E-state index is 12.5. The van der Waals surface area contributed by atoms with Crippen LogP contribution in [0.25, 0.3) is 0 Å². The summed E-state index contributed by atoms with van der Waals surface area (Å²) in [4.78, 5) is 28.5. The van der Waals surface area contributed by atoms with Gasteiger partial charge in [-0.2, -0.15) is 0 Å². The predicted octanol–water partition coefficient (Wildman–Crippen LogP) is 2.81. The van der Waals surface area contributed by atoms with E-state index in [0.717, 1.165) is 19.3 Å². The number of cyclic esters (lactones) is 1. The number of alkyl halides is 3. The number of ether oxygens (including phenoxy) is 2. The summed E-state index contributed by atoms with van der Waals surface area (Å²) in [6, 6.07) is 0. The molecule has 1 saturated heterocycles. The Hall–Kier alpha value is -0.330.